The number of thioether (sulfide) groups is 1. The first-order valence-electron chi connectivity index (χ1n) is 5.53. The maximum atomic E-state index is 12.8. The van der Waals surface area contributed by atoms with E-state index in [4.69, 9.17) is 5.73 Å². The molecule has 0 amide bonds. The molecule has 0 bridgehead atoms. The van der Waals surface area contributed by atoms with Crippen LogP contribution in [0.5, 0.6) is 0 Å². The van der Waals surface area contributed by atoms with E-state index >= 15 is 0 Å². The van der Waals surface area contributed by atoms with Gasteiger partial charge >= 0.3 is 6.18 Å². The lowest BCUT2D eigenvalue weighted by Crippen LogP contribution is -2.25. The molecule has 1 aromatic rings. The zero-order valence-corrected chi connectivity index (χ0v) is 10.0. The Bertz CT molecular complexity index is 386. The number of nitrogens with two attached hydrogens (primary N) is 1. The molecule has 1 aliphatic rings. The third-order valence-electron chi connectivity index (χ3n) is 2.99. The molecular weight excluding hydrogens is 247 g/mol. The first kappa shape index (κ1) is 12.8. The second-order valence-electron chi connectivity index (χ2n) is 4.16. The van der Waals surface area contributed by atoms with E-state index in [1.807, 2.05) is 0 Å². The van der Waals surface area contributed by atoms with Crippen LogP contribution in [-0.2, 0) is 6.18 Å². The van der Waals surface area contributed by atoms with Crippen LogP contribution < -0.4 is 5.73 Å². The summed E-state index contributed by atoms with van der Waals surface area (Å²) in [6.07, 6.45) is -2.38. The predicted octanol–water partition coefficient (Wildman–Crippen LogP) is 3.60. The van der Waals surface area contributed by atoms with Crippen molar-refractivity contribution in [2.75, 3.05) is 5.75 Å². The Morgan fingerprint density at radius 1 is 1.29 bits per heavy atom. The number of halogens is 3. The highest BCUT2D eigenvalue weighted by Gasteiger charge is 2.36. The molecule has 0 aromatic heterocycles. The van der Waals surface area contributed by atoms with Crippen LogP contribution in [0.4, 0.5) is 13.2 Å². The summed E-state index contributed by atoms with van der Waals surface area (Å²) in [7, 11) is 0. The van der Waals surface area contributed by atoms with Crippen LogP contribution in [0, 0.1) is 0 Å². The van der Waals surface area contributed by atoms with Gasteiger partial charge in [-0.25, -0.2) is 0 Å². The summed E-state index contributed by atoms with van der Waals surface area (Å²) in [5, 5.41) is 0.110. The summed E-state index contributed by atoms with van der Waals surface area (Å²) in [6, 6.07) is 5.09. The number of hydrogen-bond donors (Lipinski definition) is 1. The van der Waals surface area contributed by atoms with Gasteiger partial charge in [0, 0.05) is 11.3 Å². The van der Waals surface area contributed by atoms with Crippen molar-refractivity contribution in [3.63, 3.8) is 0 Å². The fourth-order valence-electron chi connectivity index (χ4n) is 2.13. The fraction of sp³-hybridized carbons (Fsp3) is 0.500. The average Bonchev–Trinajstić information content (AvgIpc) is 2.80. The van der Waals surface area contributed by atoms with Gasteiger partial charge in [-0.15, -0.1) is 0 Å². The largest absolute Gasteiger partial charge is 0.416 e. The summed E-state index contributed by atoms with van der Waals surface area (Å²) in [4.78, 5) is 0. The highest BCUT2D eigenvalue weighted by Crippen LogP contribution is 2.39. The first-order chi connectivity index (χ1) is 8.00. The van der Waals surface area contributed by atoms with E-state index in [1.54, 1.807) is 17.8 Å². The molecule has 0 radical (unpaired) electrons. The topological polar surface area (TPSA) is 26.0 Å². The van der Waals surface area contributed by atoms with E-state index in [-0.39, 0.29) is 10.8 Å². The number of benzene rings is 1. The molecule has 1 aromatic carbocycles. The SMILES string of the molecule is NC(c1ccccc1C(F)(F)F)C1CCCS1. The molecule has 2 unspecified atom stereocenters. The maximum absolute atomic E-state index is 12.8. The zero-order valence-electron chi connectivity index (χ0n) is 9.20. The summed E-state index contributed by atoms with van der Waals surface area (Å²) in [5.41, 5.74) is 5.60. The smallest absolute Gasteiger partial charge is 0.323 e. The van der Waals surface area contributed by atoms with Crippen LogP contribution in [0.1, 0.15) is 30.0 Å². The van der Waals surface area contributed by atoms with Crippen molar-refractivity contribution in [3.05, 3.63) is 35.4 Å². The average molecular weight is 261 g/mol. The van der Waals surface area contributed by atoms with Crippen LogP contribution in [0.15, 0.2) is 24.3 Å². The molecule has 2 N–H and O–H groups in total. The molecule has 94 valence electrons. The van der Waals surface area contributed by atoms with E-state index < -0.39 is 17.8 Å². The summed E-state index contributed by atoms with van der Waals surface area (Å²) in [6.45, 7) is 0. The molecule has 2 rings (SSSR count). The van der Waals surface area contributed by atoms with Crippen molar-refractivity contribution in [1.82, 2.24) is 0 Å². The van der Waals surface area contributed by atoms with Crippen molar-refractivity contribution in [3.8, 4) is 0 Å². The van der Waals surface area contributed by atoms with Crippen molar-refractivity contribution in [2.45, 2.75) is 30.3 Å². The lowest BCUT2D eigenvalue weighted by atomic mass is 9.96. The molecule has 1 nitrogen and oxygen atoms in total. The second kappa shape index (κ2) is 4.90. The molecule has 2 atom stereocenters. The van der Waals surface area contributed by atoms with Crippen molar-refractivity contribution in [1.29, 1.82) is 0 Å². The van der Waals surface area contributed by atoms with Gasteiger partial charge in [-0.2, -0.15) is 24.9 Å². The van der Waals surface area contributed by atoms with Crippen LogP contribution >= 0.6 is 11.8 Å². The van der Waals surface area contributed by atoms with Gasteiger partial charge in [0.25, 0.3) is 0 Å². The van der Waals surface area contributed by atoms with Crippen molar-refractivity contribution < 1.29 is 13.2 Å². The molecule has 1 aliphatic heterocycles. The Kier molecular flexibility index (Phi) is 3.68. The van der Waals surface area contributed by atoms with Gasteiger partial charge in [0.2, 0.25) is 0 Å². The van der Waals surface area contributed by atoms with E-state index in [1.165, 1.54) is 12.1 Å². The standard InChI is InChI=1S/C12H14F3NS/c13-12(14,15)9-5-2-1-4-8(9)11(16)10-6-3-7-17-10/h1-2,4-5,10-11H,3,6-7,16H2. The van der Waals surface area contributed by atoms with Crippen LogP contribution in [0.2, 0.25) is 0 Å². The van der Waals surface area contributed by atoms with E-state index in [9.17, 15) is 13.2 Å². The Labute approximate surface area is 103 Å². The molecule has 0 spiro atoms. The molecule has 0 saturated carbocycles. The highest BCUT2D eigenvalue weighted by molar-refractivity contribution is 8.00. The normalized spacial score (nSPS) is 22.7. The number of hydrogen-bond acceptors (Lipinski definition) is 2. The van der Waals surface area contributed by atoms with Gasteiger partial charge in [0.05, 0.1) is 5.56 Å². The first-order valence-corrected chi connectivity index (χ1v) is 6.58. The molecule has 1 heterocycles. The third kappa shape index (κ3) is 2.77. The van der Waals surface area contributed by atoms with Gasteiger partial charge in [-0.05, 0) is 30.2 Å². The van der Waals surface area contributed by atoms with Gasteiger partial charge < -0.3 is 5.73 Å². The zero-order chi connectivity index (χ0) is 12.5. The second-order valence-corrected chi connectivity index (χ2v) is 5.51. The minimum atomic E-state index is -4.32. The van der Waals surface area contributed by atoms with Crippen molar-refractivity contribution >= 4 is 11.8 Å². The van der Waals surface area contributed by atoms with Gasteiger partial charge in [-0.3, -0.25) is 0 Å². The van der Waals surface area contributed by atoms with Crippen LogP contribution in [0.25, 0.3) is 0 Å². The van der Waals surface area contributed by atoms with Crippen LogP contribution in [0.3, 0.4) is 0 Å². The van der Waals surface area contributed by atoms with E-state index in [2.05, 4.69) is 0 Å². The number of rotatable bonds is 2. The summed E-state index contributed by atoms with van der Waals surface area (Å²) >= 11 is 1.67. The Morgan fingerprint density at radius 3 is 2.59 bits per heavy atom. The summed E-state index contributed by atoms with van der Waals surface area (Å²) in [5.74, 6) is 0.993. The van der Waals surface area contributed by atoms with E-state index in [0.29, 0.717) is 0 Å². The molecular formula is C12H14F3NS. The maximum Gasteiger partial charge on any atom is 0.416 e. The molecule has 17 heavy (non-hydrogen) atoms. The van der Waals surface area contributed by atoms with Gasteiger partial charge in [0.1, 0.15) is 0 Å². The Morgan fingerprint density at radius 2 is 2.00 bits per heavy atom. The molecule has 1 saturated heterocycles. The Balaban J connectivity index is 2.31. The lowest BCUT2D eigenvalue weighted by Gasteiger charge is -2.22. The fourth-order valence-corrected chi connectivity index (χ4v) is 3.46. The van der Waals surface area contributed by atoms with Gasteiger partial charge in [0.15, 0.2) is 0 Å². The minimum Gasteiger partial charge on any atom is -0.323 e. The van der Waals surface area contributed by atoms with Gasteiger partial charge in [-0.1, -0.05) is 18.2 Å². The molecule has 1 fully saturated rings. The Hall–Kier alpha value is -0.680. The minimum absolute atomic E-state index is 0.110. The van der Waals surface area contributed by atoms with E-state index in [0.717, 1.165) is 24.7 Å². The monoisotopic (exact) mass is 261 g/mol. The predicted molar refractivity (Wildman–Crippen MR) is 63.9 cm³/mol. The molecule has 5 heteroatoms. The van der Waals surface area contributed by atoms with Crippen LogP contribution in [-0.4, -0.2) is 11.0 Å². The molecule has 0 aliphatic carbocycles. The highest BCUT2D eigenvalue weighted by atomic mass is 32.2. The summed E-state index contributed by atoms with van der Waals surface area (Å²) < 4.78 is 38.5. The quantitative estimate of drug-likeness (QED) is 0.880. The third-order valence-corrected chi connectivity index (χ3v) is 4.47. The number of alkyl halides is 3. The lowest BCUT2D eigenvalue weighted by molar-refractivity contribution is -0.138. The van der Waals surface area contributed by atoms with Crippen molar-refractivity contribution in [2.24, 2.45) is 5.73 Å².